The van der Waals surface area contributed by atoms with Crippen LogP contribution < -0.4 is 15.4 Å². The Balaban J connectivity index is 1.46. The molecule has 1 heterocycles. The first-order chi connectivity index (χ1) is 12.3. The number of hydrogen-bond donors (Lipinski definition) is 2. The number of nitrogens with one attached hydrogen (secondary N) is 2. The summed E-state index contributed by atoms with van der Waals surface area (Å²) in [7, 11) is 0. The number of rotatable bonds is 7. The van der Waals surface area contributed by atoms with Crippen LogP contribution in [0.4, 0.5) is 0 Å². The molecule has 0 saturated carbocycles. The molecule has 1 fully saturated rings. The van der Waals surface area contributed by atoms with Gasteiger partial charge in [0.15, 0.2) is 0 Å². The van der Waals surface area contributed by atoms with Crippen LogP contribution in [0, 0.1) is 0 Å². The maximum Gasteiger partial charge on any atom is 0.251 e. The molecule has 132 valence electrons. The smallest absolute Gasteiger partial charge is 0.251 e. The van der Waals surface area contributed by atoms with Crippen LogP contribution in [0.25, 0.3) is 0 Å². The van der Waals surface area contributed by atoms with E-state index in [9.17, 15) is 4.79 Å². The van der Waals surface area contributed by atoms with Crippen LogP contribution >= 0.6 is 0 Å². The number of nitrogens with zero attached hydrogens (tertiary/aromatic N) is 1. The van der Waals surface area contributed by atoms with Crippen LogP contribution in [-0.4, -0.2) is 50.1 Å². The summed E-state index contributed by atoms with van der Waals surface area (Å²) in [6.07, 6.45) is 0.964. The third-order valence-corrected chi connectivity index (χ3v) is 4.22. The van der Waals surface area contributed by atoms with Crippen LogP contribution in [-0.2, 0) is 0 Å². The van der Waals surface area contributed by atoms with Gasteiger partial charge in [-0.1, -0.05) is 24.3 Å². The second-order valence-corrected chi connectivity index (χ2v) is 6.14. The zero-order valence-corrected chi connectivity index (χ0v) is 14.4. The van der Waals surface area contributed by atoms with Gasteiger partial charge >= 0.3 is 0 Å². The summed E-state index contributed by atoms with van der Waals surface area (Å²) in [5.74, 6) is 1.37. The van der Waals surface area contributed by atoms with Crippen LogP contribution in [0.2, 0.25) is 0 Å². The molecule has 5 heteroatoms. The van der Waals surface area contributed by atoms with E-state index in [1.807, 2.05) is 48.5 Å². The van der Waals surface area contributed by atoms with E-state index >= 15 is 0 Å². The minimum atomic E-state index is -0.0566. The number of benzene rings is 2. The van der Waals surface area contributed by atoms with Gasteiger partial charge < -0.3 is 20.3 Å². The minimum absolute atomic E-state index is 0.0566. The van der Waals surface area contributed by atoms with E-state index in [1.54, 1.807) is 6.07 Å². The van der Waals surface area contributed by atoms with Crippen molar-refractivity contribution in [3.8, 4) is 11.5 Å². The highest BCUT2D eigenvalue weighted by Gasteiger charge is 2.10. The van der Waals surface area contributed by atoms with E-state index in [4.69, 9.17) is 4.74 Å². The molecule has 1 aliphatic heterocycles. The molecule has 0 unspecified atom stereocenters. The lowest BCUT2D eigenvalue weighted by Crippen LogP contribution is -2.44. The second-order valence-electron chi connectivity index (χ2n) is 6.14. The quantitative estimate of drug-likeness (QED) is 0.761. The Kier molecular flexibility index (Phi) is 6.42. The fourth-order valence-electron chi connectivity index (χ4n) is 2.87. The maximum absolute atomic E-state index is 12.3. The van der Waals surface area contributed by atoms with Gasteiger partial charge in [-0.15, -0.1) is 0 Å². The molecule has 2 aromatic rings. The van der Waals surface area contributed by atoms with Gasteiger partial charge in [-0.25, -0.2) is 0 Å². The Hall–Kier alpha value is -2.37. The van der Waals surface area contributed by atoms with Gasteiger partial charge in [-0.3, -0.25) is 4.79 Å². The fourth-order valence-corrected chi connectivity index (χ4v) is 2.87. The van der Waals surface area contributed by atoms with E-state index in [-0.39, 0.29) is 5.91 Å². The van der Waals surface area contributed by atoms with Crippen molar-refractivity contribution in [2.45, 2.75) is 6.42 Å². The average Bonchev–Trinajstić information content (AvgIpc) is 2.67. The van der Waals surface area contributed by atoms with E-state index in [0.717, 1.165) is 44.9 Å². The molecule has 5 nitrogen and oxygen atoms in total. The van der Waals surface area contributed by atoms with Crippen LogP contribution in [0.3, 0.4) is 0 Å². The van der Waals surface area contributed by atoms with Crippen LogP contribution in [0.15, 0.2) is 54.6 Å². The van der Waals surface area contributed by atoms with E-state index in [1.165, 1.54) is 0 Å². The average molecular weight is 339 g/mol. The Morgan fingerprint density at radius 3 is 2.60 bits per heavy atom. The normalized spacial score (nSPS) is 14.9. The molecule has 1 saturated heterocycles. The molecule has 1 aliphatic rings. The molecule has 0 bridgehead atoms. The molecule has 0 aromatic heterocycles. The summed E-state index contributed by atoms with van der Waals surface area (Å²) in [4.78, 5) is 14.7. The third-order valence-electron chi connectivity index (χ3n) is 4.22. The summed E-state index contributed by atoms with van der Waals surface area (Å²) in [5.41, 5.74) is 0.621. The van der Waals surface area contributed by atoms with Gasteiger partial charge in [-0.05, 0) is 43.3 Å². The summed E-state index contributed by atoms with van der Waals surface area (Å²) >= 11 is 0. The van der Waals surface area contributed by atoms with Crippen molar-refractivity contribution in [1.29, 1.82) is 0 Å². The predicted molar refractivity (Wildman–Crippen MR) is 99.2 cm³/mol. The second kappa shape index (κ2) is 9.20. The third kappa shape index (κ3) is 5.59. The molecule has 2 N–H and O–H groups in total. The van der Waals surface area contributed by atoms with Crippen LogP contribution in [0.5, 0.6) is 11.5 Å². The van der Waals surface area contributed by atoms with Crippen molar-refractivity contribution in [2.75, 3.05) is 39.3 Å². The molecule has 25 heavy (non-hydrogen) atoms. The standard InChI is InChI=1S/C20H25N3O2/c24-20(22-10-5-13-23-14-11-21-12-15-23)17-6-4-9-19(16-17)25-18-7-2-1-3-8-18/h1-4,6-9,16,21H,5,10-15H2,(H,22,24). The molecule has 0 atom stereocenters. The summed E-state index contributed by atoms with van der Waals surface area (Å²) in [5, 5.41) is 6.34. The van der Waals surface area contributed by atoms with Gasteiger partial charge in [0.05, 0.1) is 0 Å². The lowest BCUT2D eigenvalue weighted by Gasteiger charge is -2.27. The zero-order chi connectivity index (χ0) is 17.3. The zero-order valence-electron chi connectivity index (χ0n) is 14.4. The molecular weight excluding hydrogens is 314 g/mol. The highest BCUT2D eigenvalue weighted by atomic mass is 16.5. The molecule has 0 spiro atoms. The number of para-hydroxylation sites is 1. The summed E-state index contributed by atoms with van der Waals surface area (Å²) in [6, 6.07) is 16.8. The van der Waals surface area contributed by atoms with Gasteiger partial charge in [-0.2, -0.15) is 0 Å². The SMILES string of the molecule is O=C(NCCCN1CCNCC1)c1cccc(Oc2ccccc2)c1. The van der Waals surface area contributed by atoms with Crippen molar-refractivity contribution in [2.24, 2.45) is 0 Å². The number of hydrogen-bond acceptors (Lipinski definition) is 4. The Morgan fingerprint density at radius 2 is 1.80 bits per heavy atom. The molecule has 1 amide bonds. The van der Waals surface area contributed by atoms with Gasteiger partial charge in [0.1, 0.15) is 11.5 Å². The minimum Gasteiger partial charge on any atom is -0.457 e. The molecule has 2 aromatic carbocycles. The molecule has 0 aliphatic carbocycles. The molecular formula is C20H25N3O2. The molecule has 0 radical (unpaired) electrons. The van der Waals surface area contributed by atoms with Crippen molar-refractivity contribution in [3.63, 3.8) is 0 Å². The maximum atomic E-state index is 12.3. The van der Waals surface area contributed by atoms with E-state index in [0.29, 0.717) is 17.9 Å². The number of amides is 1. The largest absolute Gasteiger partial charge is 0.457 e. The molecule has 3 rings (SSSR count). The number of carbonyl (C=O) groups excluding carboxylic acids is 1. The topological polar surface area (TPSA) is 53.6 Å². The van der Waals surface area contributed by atoms with Crippen LogP contribution in [0.1, 0.15) is 16.8 Å². The Morgan fingerprint density at radius 1 is 1.04 bits per heavy atom. The van der Waals surface area contributed by atoms with Gasteiger partial charge in [0.2, 0.25) is 0 Å². The van der Waals surface area contributed by atoms with Crippen molar-refractivity contribution >= 4 is 5.91 Å². The lowest BCUT2D eigenvalue weighted by atomic mass is 10.2. The van der Waals surface area contributed by atoms with Crippen molar-refractivity contribution < 1.29 is 9.53 Å². The van der Waals surface area contributed by atoms with Crippen molar-refractivity contribution in [3.05, 3.63) is 60.2 Å². The first-order valence-electron chi connectivity index (χ1n) is 8.85. The summed E-state index contributed by atoms with van der Waals surface area (Å²) in [6.45, 7) is 6.01. The van der Waals surface area contributed by atoms with Gasteiger partial charge in [0, 0.05) is 38.3 Å². The highest BCUT2D eigenvalue weighted by Crippen LogP contribution is 2.21. The fraction of sp³-hybridized carbons (Fsp3) is 0.350. The van der Waals surface area contributed by atoms with E-state index < -0.39 is 0 Å². The Labute approximate surface area is 149 Å². The first kappa shape index (κ1) is 17.5. The van der Waals surface area contributed by atoms with E-state index in [2.05, 4.69) is 15.5 Å². The van der Waals surface area contributed by atoms with Gasteiger partial charge in [0.25, 0.3) is 5.91 Å². The monoisotopic (exact) mass is 339 g/mol. The lowest BCUT2D eigenvalue weighted by molar-refractivity contribution is 0.0951. The number of ether oxygens (including phenoxy) is 1. The summed E-state index contributed by atoms with van der Waals surface area (Å²) < 4.78 is 5.78. The Bertz CT molecular complexity index is 670. The predicted octanol–water partition coefficient (Wildman–Crippen LogP) is 2.50. The number of piperazine rings is 1. The highest BCUT2D eigenvalue weighted by molar-refractivity contribution is 5.94. The number of carbonyl (C=O) groups is 1. The first-order valence-corrected chi connectivity index (χ1v) is 8.85. The van der Waals surface area contributed by atoms with Crippen molar-refractivity contribution in [1.82, 2.24) is 15.5 Å².